The minimum Gasteiger partial charge on any atom is -0.484 e. The molecule has 5 heteroatoms. The second-order valence-corrected chi connectivity index (χ2v) is 8.14. The molecule has 0 saturated carbocycles. The van der Waals surface area contributed by atoms with Crippen LogP contribution >= 0.6 is 11.3 Å². The lowest BCUT2D eigenvalue weighted by atomic mass is 9.96. The fourth-order valence-corrected chi connectivity index (χ4v) is 4.73. The number of carbonyl (C=O) groups is 1. The summed E-state index contributed by atoms with van der Waals surface area (Å²) in [6.45, 7) is 6.30. The van der Waals surface area contributed by atoms with Crippen molar-refractivity contribution in [2.45, 2.75) is 52.4 Å². The molecule has 1 aromatic heterocycles. The molecule has 1 aliphatic carbocycles. The number of anilines is 1. The van der Waals surface area contributed by atoms with E-state index in [1.54, 1.807) is 0 Å². The molecular formula is C21H24N2O2S. The minimum absolute atomic E-state index is 0.0616. The Labute approximate surface area is 158 Å². The maximum absolute atomic E-state index is 12.3. The Bertz CT molecular complexity index is 862. The summed E-state index contributed by atoms with van der Waals surface area (Å²) in [5.74, 6) is 0.917. The highest BCUT2D eigenvalue weighted by molar-refractivity contribution is 7.16. The summed E-state index contributed by atoms with van der Waals surface area (Å²) in [7, 11) is 0. The molecular weight excluding hydrogens is 344 g/mol. The van der Waals surface area contributed by atoms with E-state index < -0.39 is 0 Å². The molecule has 0 aliphatic heterocycles. The Balaban J connectivity index is 1.64. The zero-order chi connectivity index (χ0) is 18.7. The van der Waals surface area contributed by atoms with Gasteiger partial charge < -0.3 is 10.1 Å². The third kappa shape index (κ3) is 3.91. The lowest BCUT2D eigenvalue weighted by Gasteiger charge is -2.12. The van der Waals surface area contributed by atoms with Gasteiger partial charge in [0.05, 0.1) is 5.56 Å². The van der Waals surface area contributed by atoms with Gasteiger partial charge in [-0.25, -0.2) is 0 Å². The predicted octanol–water partition coefficient (Wildman–Crippen LogP) is 4.95. The largest absolute Gasteiger partial charge is 0.484 e. The summed E-state index contributed by atoms with van der Waals surface area (Å²) in [5, 5.41) is 13.0. The SMILES string of the molecule is Cc1cc(OCC(=O)Nc2sc3c(c2C#N)CCCC3)ccc1C(C)C. The van der Waals surface area contributed by atoms with Crippen molar-refractivity contribution in [3.63, 3.8) is 0 Å². The number of rotatable bonds is 5. The number of ether oxygens (including phenoxy) is 1. The first-order valence-electron chi connectivity index (χ1n) is 9.07. The topological polar surface area (TPSA) is 62.1 Å². The Morgan fingerprint density at radius 3 is 2.81 bits per heavy atom. The van der Waals surface area contributed by atoms with E-state index in [2.05, 4.69) is 32.2 Å². The minimum atomic E-state index is -0.231. The van der Waals surface area contributed by atoms with Crippen LogP contribution in [0.1, 0.15) is 59.7 Å². The van der Waals surface area contributed by atoms with E-state index >= 15 is 0 Å². The highest BCUT2D eigenvalue weighted by Crippen LogP contribution is 2.37. The number of carbonyl (C=O) groups excluding carboxylic acids is 1. The Hall–Kier alpha value is -2.32. The van der Waals surface area contributed by atoms with Crippen LogP contribution in [0.15, 0.2) is 18.2 Å². The van der Waals surface area contributed by atoms with Gasteiger partial charge in [0, 0.05) is 4.88 Å². The zero-order valence-electron chi connectivity index (χ0n) is 15.5. The van der Waals surface area contributed by atoms with Crippen LogP contribution in [0.5, 0.6) is 5.75 Å². The molecule has 1 N–H and O–H groups in total. The Morgan fingerprint density at radius 1 is 1.35 bits per heavy atom. The van der Waals surface area contributed by atoms with Gasteiger partial charge in [0.15, 0.2) is 6.61 Å². The summed E-state index contributed by atoms with van der Waals surface area (Å²) >= 11 is 1.53. The number of benzene rings is 1. The molecule has 3 rings (SSSR count). The second-order valence-electron chi connectivity index (χ2n) is 7.04. The van der Waals surface area contributed by atoms with E-state index in [0.29, 0.717) is 22.2 Å². The van der Waals surface area contributed by atoms with Crippen LogP contribution in [0.25, 0.3) is 0 Å². The van der Waals surface area contributed by atoms with Gasteiger partial charge in [-0.1, -0.05) is 19.9 Å². The van der Waals surface area contributed by atoms with Crippen molar-refractivity contribution in [3.8, 4) is 11.8 Å². The van der Waals surface area contributed by atoms with Crippen molar-refractivity contribution in [1.29, 1.82) is 5.26 Å². The predicted molar refractivity (Wildman–Crippen MR) is 105 cm³/mol. The average Bonchev–Trinajstić information content (AvgIpc) is 2.96. The van der Waals surface area contributed by atoms with Gasteiger partial charge in [-0.15, -0.1) is 11.3 Å². The number of nitrogens with zero attached hydrogens (tertiary/aromatic N) is 1. The fraction of sp³-hybridized carbons (Fsp3) is 0.429. The van der Waals surface area contributed by atoms with E-state index in [9.17, 15) is 10.1 Å². The van der Waals surface area contributed by atoms with Crippen molar-refractivity contribution in [1.82, 2.24) is 0 Å². The maximum atomic E-state index is 12.3. The van der Waals surface area contributed by atoms with Crippen molar-refractivity contribution in [2.24, 2.45) is 0 Å². The van der Waals surface area contributed by atoms with Crippen LogP contribution in [0.3, 0.4) is 0 Å². The molecule has 4 nitrogen and oxygen atoms in total. The quantitative estimate of drug-likeness (QED) is 0.812. The van der Waals surface area contributed by atoms with Gasteiger partial charge in [-0.2, -0.15) is 5.26 Å². The van der Waals surface area contributed by atoms with Gasteiger partial charge in [0.1, 0.15) is 16.8 Å². The van der Waals surface area contributed by atoms with Crippen LogP contribution in [0.2, 0.25) is 0 Å². The highest BCUT2D eigenvalue weighted by Gasteiger charge is 2.21. The van der Waals surface area contributed by atoms with E-state index in [-0.39, 0.29) is 12.5 Å². The van der Waals surface area contributed by atoms with Gasteiger partial charge in [-0.05, 0) is 67.3 Å². The fourth-order valence-electron chi connectivity index (χ4n) is 3.47. The molecule has 1 aliphatic rings. The first kappa shape index (κ1) is 18.5. The molecule has 1 aromatic carbocycles. The summed E-state index contributed by atoms with van der Waals surface area (Å²) in [6.07, 6.45) is 4.20. The molecule has 0 unspecified atom stereocenters. The summed E-state index contributed by atoms with van der Waals surface area (Å²) in [5.41, 5.74) is 4.20. The molecule has 0 atom stereocenters. The first-order valence-corrected chi connectivity index (χ1v) is 9.89. The molecule has 136 valence electrons. The maximum Gasteiger partial charge on any atom is 0.262 e. The van der Waals surface area contributed by atoms with E-state index in [1.807, 2.05) is 18.2 Å². The zero-order valence-corrected chi connectivity index (χ0v) is 16.3. The van der Waals surface area contributed by atoms with Gasteiger partial charge in [0.2, 0.25) is 0 Å². The van der Waals surface area contributed by atoms with Gasteiger partial charge >= 0.3 is 0 Å². The number of nitriles is 1. The van der Waals surface area contributed by atoms with Crippen LogP contribution in [0, 0.1) is 18.3 Å². The van der Waals surface area contributed by atoms with Crippen molar-refractivity contribution in [2.75, 3.05) is 11.9 Å². The number of thiophene rings is 1. The number of fused-ring (bicyclic) bond motifs is 1. The molecule has 1 amide bonds. The Kier molecular flexibility index (Phi) is 5.63. The molecule has 0 radical (unpaired) electrons. The first-order chi connectivity index (χ1) is 12.5. The molecule has 0 fully saturated rings. The lowest BCUT2D eigenvalue weighted by Crippen LogP contribution is -2.20. The normalized spacial score (nSPS) is 13.2. The molecule has 0 saturated heterocycles. The number of hydrogen-bond acceptors (Lipinski definition) is 4. The van der Waals surface area contributed by atoms with Crippen LogP contribution in [-0.2, 0) is 17.6 Å². The standard InChI is InChI=1S/C21H24N2O2S/c1-13(2)16-9-8-15(10-14(16)3)25-12-20(24)23-21-18(11-22)17-6-4-5-7-19(17)26-21/h8-10,13H,4-7,12H2,1-3H3,(H,23,24). The van der Waals surface area contributed by atoms with Crippen molar-refractivity contribution in [3.05, 3.63) is 45.3 Å². The van der Waals surface area contributed by atoms with Crippen LogP contribution < -0.4 is 10.1 Å². The second kappa shape index (κ2) is 7.92. The number of aryl methyl sites for hydroxylation is 2. The van der Waals surface area contributed by atoms with E-state index in [4.69, 9.17) is 4.74 Å². The van der Waals surface area contributed by atoms with E-state index in [1.165, 1.54) is 21.8 Å². The summed E-state index contributed by atoms with van der Waals surface area (Å²) in [4.78, 5) is 13.5. The van der Waals surface area contributed by atoms with Crippen molar-refractivity contribution < 1.29 is 9.53 Å². The lowest BCUT2D eigenvalue weighted by molar-refractivity contribution is -0.118. The number of amides is 1. The molecule has 0 bridgehead atoms. The Morgan fingerprint density at radius 2 is 2.12 bits per heavy atom. The molecule has 2 aromatic rings. The number of nitrogens with one attached hydrogen (secondary N) is 1. The summed E-state index contributed by atoms with van der Waals surface area (Å²) < 4.78 is 5.64. The summed E-state index contributed by atoms with van der Waals surface area (Å²) in [6, 6.07) is 8.18. The number of hydrogen-bond donors (Lipinski definition) is 1. The van der Waals surface area contributed by atoms with Crippen molar-refractivity contribution >= 4 is 22.2 Å². The van der Waals surface area contributed by atoms with E-state index in [0.717, 1.165) is 36.8 Å². The third-order valence-corrected chi connectivity index (χ3v) is 5.98. The molecule has 0 spiro atoms. The van der Waals surface area contributed by atoms with Crippen LogP contribution in [-0.4, -0.2) is 12.5 Å². The average molecular weight is 369 g/mol. The van der Waals surface area contributed by atoms with Crippen LogP contribution in [0.4, 0.5) is 5.00 Å². The van der Waals surface area contributed by atoms with Gasteiger partial charge in [0.25, 0.3) is 5.91 Å². The highest BCUT2D eigenvalue weighted by atomic mass is 32.1. The molecule has 1 heterocycles. The smallest absolute Gasteiger partial charge is 0.262 e. The third-order valence-electron chi connectivity index (χ3n) is 4.77. The molecule has 26 heavy (non-hydrogen) atoms. The van der Waals surface area contributed by atoms with Gasteiger partial charge in [-0.3, -0.25) is 4.79 Å². The monoisotopic (exact) mass is 368 g/mol.